The standard InChI is InChI=1S/C19H19N3O3/c1-12-4-5-15(10-13(12)2)19(23)20-11-17-21-18(22-25-17)14-6-8-16(24-3)9-7-14/h4-10H,11H2,1-3H3,(H,20,23). The van der Waals surface area contributed by atoms with E-state index >= 15 is 0 Å². The van der Waals surface area contributed by atoms with Crippen LogP contribution in [0.3, 0.4) is 0 Å². The van der Waals surface area contributed by atoms with Crippen molar-refractivity contribution in [1.82, 2.24) is 15.5 Å². The molecule has 1 amide bonds. The summed E-state index contributed by atoms with van der Waals surface area (Å²) in [6.45, 7) is 4.16. The van der Waals surface area contributed by atoms with Gasteiger partial charge in [0.15, 0.2) is 0 Å². The normalized spacial score (nSPS) is 10.5. The van der Waals surface area contributed by atoms with Crippen molar-refractivity contribution in [3.63, 3.8) is 0 Å². The van der Waals surface area contributed by atoms with Crippen molar-refractivity contribution in [2.45, 2.75) is 20.4 Å². The van der Waals surface area contributed by atoms with Gasteiger partial charge in [0.1, 0.15) is 5.75 Å². The van der Waals surface area contributed by atoms with E-state index in [0.29, 0.717) is 17.3 Å². The fraction of sp³-hybridized carbons (Fsp3) is 0.211. The van der Waals surface area contributed by atoms with Gasteiger partial charge in [0, 0.05) is 11.1 Å². The quantitative estimate of drug-likeness (QED) is 0.773. The lowest BCUT2D eigenvalue weighted by Gasteiger charge is -2.05. The first kappa shape index (κ1) is 16.7. The van der Waals surface area contributed by atoms with Crippen molar-refractivity contribution >= 4 is 5.91 Å². The highest BCUT2D eigenvalue weighted by Gasteiger charge is 2.11. The fourth-order valence-corrected chi connectivity index (χ4v) is 2.32. The molecule has 2 aromatic carbocycles. The van der Waals surface area contributed by atoms with Gasteiger partial charge in [-0.25, -0.2) is 0 Å². The third kappa shape index (κ3) is 3.85. The van der Waals surface area contributed by atoms with Crippen LogP contribution in [0.5, 0.6) is 5.75 Å². The summed E-state index contributed by atoms with van der Waals surface area (Å²) >= 11 is 0. The number of rotatable bonds is 5. The molecule has 0 aliphatic heterocycles. The van der Waals surface area contributed by atoms with E-state index < -0.39 is 0 Å². The average molecular weight is 337 g/mol. The minimum atomic E-state index is -0.174. The number of nitrogens with one attached hydrogen (secondary N) is 1. The molecule has 0 atom stereocenters. The van der Waals surface area contributed by atoms with E-state index in [2.05, 4.69) is 15.5 Å². The van der Waals surface area contributed by atoms with Gasteiger partial charge in [0.2, 0.25) is 11.7 Å². The van der Waals surface area contributed by atoms with Crippen LogP contribution in [0.15, 0.2) is 47.0 Å². The number of nitrogens with zero attached hydrogens (tertiary/aromatic N) is 2. The number of benzene rings is 2. The summed E-state index contributed by atoms with van der Waals surface area (Å²) in [7, 11) is 1.61. The lowest BCUT2D eigenvalue weighted by atomic mass is 10.1. The zero-order valence-electron chi connectivity index (χ0n) is 14.4. The molecule has 0 aliphatic carbocycles. The molecule has 0 fully saturated rings. The van der Waals surface area contributed by atoms with Crippen molar-refractivity contribution in [1.29, 1.82) is 0 Å². The second-order valence-corrected chi connectivity index (χ2v) is 5.72. The first-order chi connectivity index (χ1) is 12.1. The van der Waals surface area contributed by atoms with Gasteiger partial charge in [-0.2, -0.15) is 4.98 Å². The molecule has 1 heterocycles. The van der Waals surface area contributed by atoms with Crippen molar-refractivity contribution in [3.05, 3.63) is 65.0 Å². The van der Waals surface area contributed by atoms with Gasteiger partial charge < -0.3 is 14.6 Å². The van der Waals surface area contributed by atoms with Crippen LogP contribution in [0.2, 0.25) is 0 Å². The van der Waals surface area contributed by atoms with Crippen molar-refractivity contribution < 1.29 is 14.1 Å². The summed E-state index contributed by atoms with van der Waals surface area (Å²) < 4.78 is 10.3. The second kappa shape index (κ2) is 7.17. The average Bonchev–Trinajstić information content (AvgIpc) is 3.11. The van der Waals surface area contributed by atoms with Gasteiger partial charge in [-0.05, 0) is 61.4 Å². The van der Waals surface area contributed by atoms with Gasteiger partial charge in [0.05, 0.1) is 13.7 Å². The smallest absolute Gasteiger partial charge is 0.251 e. The lowest BCUT2D eigenvalue weighted by molar-refractivity contribution is 0.0946. The highest BCUT2D eigenvalue weighted by Crippen LogP contribution is 2.19. The molecule has 0 unspecified atom stereocenters. The number of aryl methyl sites for hydroxylation is 2. The Kier molecular flexibility index (Phi) is 4.79. The van der Waals surface area contributed by atoms with Gasteiger partial charge in [-0.3, -0.25) is 4.79 Å². The molecule has 25 heavy (non-hydrogen) atoms. The molecule has 0 radical (unpaired) electrons. The molecular weight excluding hydrogens is 318 g/mol. The minimum Gasteiger partial charge on any atom is -0.497 e. The molecule has 1 N–H and O–H groups in total. The van der Waals surface area contributed by atoms with E-state index in [1.165, 1.54) is 0 Å². The molecule has 128 valence electrons. The van der Waals surface area contributed by atoms with Gasteiger partial charge >= 0.3 is 0 Å². The third-order valence-corrected chi connectivity index (χ3v) is 3.99. The molecule has 6 nitrogen and oxygen atoms in total. The zero-order chi connectivity index (χ0) is 17.8. The van der Waals surface area contributed by atoms with Crippen LogP contribution in [0, 0.1) is 13.8 Å². The molecule has 0 saturated heterocycles. The Balaban J connectivity index is 1.64. The van der Waals surface area contributed by atoms with Crippen LogP contribution >= 0.6 is 0 Å². The maximum absolute atomic E-state index is 12.2. The highest BCUT2D eigenvalue weighted by atomic mass is 16.5. The number of aromatic nitrogens is 2. The Morgan fingerprint density at radius 1 is 1.12 bits per heavy atom. The maximum atomic E-state index is 12.2. The summed E-state index contributed by atoms with van der Waals surface area (Å²) in [6.07, 6.45) is 0. The summed E-state index contributed by atoms with van der Waals surface area (Å²) in [5.74, 6) is 1.40. The van der Waals surface area contributed by atoms with Crippen LogP contribution in [0.4, 0.5) is 0 Å². The molecule has 3 aromatic rings. The van der Waals surface area contributed by atoms with Crippen LogP contribution in [-0.2, 0) is 6.54 Å². The lowest BCUT2D eigenvalue weighted by Crippen LogP contribution is -2.23. The van der Waals surface area contributed by atoms with Crippen molar-refractivity contribution in [2.24, 2.45) is 0 Å². The predicted molar refractivity (Wildman–Crippen MR) is 93.4 cm³/mol. The largest absolute Gasteiger partial charge is 0.497 e. The number of carbonyl (C=O) groups excluding carboxylic acids is 1. The predicted octanol–water partition coefficient (Wildman–Crippen LogP) is 3.29. The monoisotopic (exact) mass is 337 g/mol. The van der Waals surface area contributed by atoms with E-state index in [-0.39, 0.29) is 12.5 Å². The summed E-state index contributed by atoms with van der Waals surface area (Å²) in [5, 5.41) is 6.73. The highest BCUT2D eigenvalue weighted by molar-refractivity contribution is 5.94. The van der Waals surface area contributed by atoms with Crippen molar-refractivity contribution in [3.8, 4) is 17.1 Å². The van der Waals surface area contributed by atoms with Crippen molar-refractivity contribution in [2.75, 3.05) is 7.11 Å². The molecule has 0 bridgehead atoms. The van der Waals surface area contributed by atoms with Crippen LogP contribution in [-0.4, -0.2) is 23.2 Å². The molecule has 6 heteroatoms. The topological polar surface area (TPSA) is 77.3 Å². The number of amides is 1. The Bertz CT molecular complexity index is 885. The van der Waals surface area contributed by atoms with Crippen LogP contribution in [0.1, 0.15) is 27.4 Å². The first-order valence-electron chi connectivity index (χ1n) is 7.89. The van der Waals surface area contributed by atoms with Gasteiger partial charge in [-0.15, -0.1) is 0 Å². The summed E-state index contributed by atoms with van der Waals surface area (Å²) in [4.78, 5) is 16.5. The van der Waals surface area contributed by atoms with E-state index in [0.717, 1.165) is 22.4 Å². The Morgan fingerprint density at radius 3 is 2.56 bits per heavy atom. The van der Waals surface area contributed by atoms with Crippen LogP contribution < -0.4 is 10.1 Å². The molecular formula is C19H19N3O3. The number of methoxy groups -OCH3 is 1. The minimum absolute atomic E-state index is 0.174. The summed E-state index contributed by atoms with van der Waals surface area (Å²) in [6, 6.07) is 12.9. The van der Waals surface area contributed by atoms with E-state index in [4.69, 9.17) is 9.26 Å². The SMILES string of the molecule is COc1ccc(-c2noc(CNC(=O)c3ccc(C)c(C)c3)n2)cc1. The second-order valence-electron chi connectivity index (χ2n) is 5.72. The Labute approximate surface area is 145 Å². The number of hydrogen-bond donors (Lipinski definition) is 1. The summed E-state index contributed by atoms with van der Waals surface area (Å²) in [5.41, 5.74) is 3.65. The molecule has 0 spiro atoms. The van der Waals surface area contributed by atoms with E-state index in [9.17, 15) is 4.79 Å². The Morgan fingerprint density at radius 2 is 1.88 bits per heavy atom. The third-order valence-electron chi connectivity index (χ3n) is 3.99. The number of ether oxygens (including phenoxy) is 1. The molecule has 0 saturated carbocycles. The van der Waals surface area contributed by atoms with Gasteiger partial charge in [0.25, 0.3) is 5.91 Å². The van der Waals surface area contributed by atoms with E-state index in [1.807, 2.05) is 50.2 Å². The first-order valence-corrected chi connectivity index (χ1v) is 7.89. The van der Waals surface area contributed by atoms with Gasteiger partial charge in [-0.1, -0.05) is 11.2 Å². The number of carbonyl (C=O) groups is 1. The molecule has 1 aromatic heterocycles. The maximum Gasteiger partial charge on any atom is 0.251 e. The number of hydrogen-bond acceptors (Lipinski definition) is 5. The molecule has 3 rings (SSSR count). The fourth-order valence-electron chi connectivity index (χ4n) is 2.32. The molecule has 0 aliphatic rings. The van der Waals surface area contributed by atoms with Crippen LogP contribution in [0.25, 0.3) is 11.4 Å². The van der Waals surface area contributed by atoms with E-state index in [1.54, 1.807) is 13.2 Å². The Hall–Kier alpha value is -3.15. The zero-order valence-corrected chi connectivity index (χ0v) is 14.4.